The van der Waals surface area contributed by atoms with Crippen molar-refractivity contribution in [1.82, 2.24) is 4.90 Å². The van der Waals surface area contributed by atoms with Crippen LogP contribution in [0.3, 0.4) is 0 Å². The number of carbonyl (C=O) groups excluding carboxylic acids is 2. The van der Waals surface area contributed by atoms with E-state index in [4.69, 9.17) is 4.74 Å². The van der Waals surface area contributed by atoms with Gasteiger partial charge in [0.25, 0.3) is 11.1 Å². The molecule has 98 valence electrons. The first-order chi connectivity index (χ1) is 9.11. The molecule has 5 heteroatoms. The maximum absolute atomic E-state index is 11.7. The number of hydrogen-bond acceptors (Lipinski definition) is 4. The molecule has 1 saturated heterocycles. The molecule has 1 heterocycles. The Balaban J connectivity index is 2.13. The summed E-state index contributed by atoms with van der Waals surface area (Å²) in [5.74, 6) is 0.475. The van der Waals surface area contributed by atoms with Crippen LogP contribution >= 0.6 is 11.8 Å². The van der Waals surface area contributed by atoms with Crippen molar-refractivity contribution in [3.05, 3.63) is 47.4 Å². The van der Waals surface area contributed by atoms with Gasteiger partial charge in [-0.15, -0.1) is 0 Å². The van der Waals surface area contributed by atoms with Crippen molar-refractivity contribution in [3.8, 4) is 5.75 Å². The molecular formula is C14H13NO3S. The van der Waals surface area contributed by atoms with Crippen molar-refractivity contribution >= 4 is 29.0 Å². The van der Waals surface area contributed by atoms with Gasteiger partial charge in [-0.1, -0.05) is 24.8 Å². The molecule has 1 aliphatic rings. The first-order valence-corrected chi connectivity index (χ1v) is 6.49. The number of hydrogen-bond donors (Lipinski definition) is 0. The Kier molecular flexibility index (Phi) is 4.06. The van der Waals surface area contributed by atoms with E-state index in [9.17, 15) is 9.59 Å². The Morgan fingerprint density at radius 1 is 1.32 bits per heavy atom. The molecule has 1 aromatic rings. The van der Waals surface area contributed by atoms with Crippen molar-refractivity contribution < 1.29 is 14.3 Å². The van der Waals surface area contributed by atoms with Crippen LogP contribution in [-0.2, 0) is 4.79 Å². The normalized spacial score (nSPS) is 17.1. The number of imide groups is 1. The first kappa shape index (κ1) is 13.4. The molecule has 0 saturated carbocycles. The van der Waals surface area contributed by atoms with E-state index in [1.165, 1.54) is 7.05 Å². The summed E-state index contributed by atoms with van der Waals surface area (Å²) in [4.78, 5) is 24.6. The molecule has 1 fully saturated rings. The van der Waals surface area contributed by atoms with Crippen molar-refractivity contribution in [2.24, 2.45) is 0 Å². The van der Waals surface area contributed by atoms with Gasteiger partial charge in [0, 0.05) is 7.05 Å². The van der Waals surface area contributed by atoms with Crippen LogP contribution in [0.1, 0.15) is 5.56 Å². The molecule has 2 rings (SSSR count). The van der Waals surface area contributed by atoms with E-state index in [0.29, 0.717) is 11.5 Å². The van der Waals surface area contributed by atoms with Crippen LogP contribution in [0.4, 0.5) is 4.79 Å². The molecule has 0 aliphatic carbocycles. The van der Waals surface area contributed by atoms with Gasteiger partial charge >= 0.3 is 0 Å². The van der Waals surface area contributed by atoms with Crippen molar-refractivity contribution in [2.75, 3.05) is 13.7 Å². The smallest absolute Gasteiger partial charge is 0.293 e. The lowest BCUT2D eigenvalue weighted by atomic mass is 10.2. The topological polar surface area (TPSA) is 46.6 Å². The number of amides is 2. The first-order valence-electron chi connectivity index (χ1n) is 5.67. The summed E-state index contributed by atoms with van der Waals surface area (Å²) < 4.78 is 5.36. The molecule has 19 heavy (non-hydrogen) atoms. The van der Waals surface area contributed by atoms with E-state index in [1.807, 2.05) is 24.3 Å². The molecule has 0 N–H and O–H groups in total. The number of thioether (sulfide) groups is 1. The standard InChI is InChI=1S/C14H13NO3S/c1-3-8-18-11-6-4-10(5-7-11)9-12-13(16)15(2)14(17)19-12/h3-7,9H,1,8H2,2H3/b12-9-. The molecule has 0 radical (unpaired) electrons. The van der Waals surface area contributed by atoms with E-state index in [0.717, 1.165) is 28.0 Å². The zero-order valence-corrected chi connectivity index (χ0v) is 11.3. The Labute approximate surface area is 115 Å². The number of nitrogens with zero attached hydrogens (tertiary/aromatic N) is 1. The fraction of sp³-hybridized carbons (Fsp3) is 0.143. The van der Waals surface area contributed by atoms with Gasteiger partial charge < -0.3 is 4.74 Å². The van der Waals surface area contributed by atoms with Crippen LogP contribution in [0, 0.1) is 0 Å². The van der Waals surface area contributed by atoms with Gasteiger partial charge in [-0.05, 0) is 35.5 Å². The molecule has 0 unspecified atom stereocenters. The third kappa shape index (κ3) is 3.06. The molecule has 0 aromatic heterocycles. The van der Waals surface area contributed by atoms with E-state index in [2.05, 4.69) is 6.58 Å². The van der Waals surface area contributed by atoms with Gasteiger partial charge in [0.1, 0.15) is 12.4 Å². The highest BCUT2D eigenvalue weighted by Gasteiger charge is 2.31. The number of rotatable bonds is 4. The lowest BCUT2D eigenvalue weighted by molar-refractivity contribution is -0.121. The predicted octanol–water partition coefficient (Wildman–Crippen LogP) is 2.92. The molecule has 0 spiro atoms. The van der Waals surface area contributed by atoms with Gasteiger partial charge in [0.2, 0.25) is 0 Å². The average molecular weight is 275 g/mol. The van der Waals surface area contributed by atoms with Crippen LogP contribution in [-0.4, -0.2) is 29.7 Å². The third-order valence-corrected chi connectivity index (χ3v) is 3.49. The van der Waals surface area contributed by atoms with Gasteiger partial charge in [-0.3, -0.25) is 14.5 Å². The molecule has 2 amide bonds. The number of benzene rings is 1. The van der Waals surface area contributed by atoms with Crippen LogP contribution in [0.25, 0.3) is 6.08 Å². The molecule has 4 nitrogen and oxygen atoms in total. The minimum atomic E-state index is -0.262. The fourth-order valence-electron chi connectivity index (χ4n) is 1.51. The zero-order chi connectivity index (χ0) is 13.8. The summed E-state index contributed by atoms with van der Waals surface area (Å²) in [7, 11) is 1.48. The quantitative estimate of drug-likeness (QED) is 0.626. The van der Waals surface area contributed by atoms with E-state index >= 15 is 0 Å². The van der Waals surface area contributed by atoms with Crippen LogP contribution in [0.2, 0.25) is 0 Å². The van der Waals surface area contributed by atoms with Crippen LogP contribution in [0.15, 0.2) is 41.8 Å². The largest absolute Gasteiger partial charge is 0.490 e. The summed E-state index contributed by atoms with van der Waals surface area (Å²) in [5, 5.41) is -0.248. The van der Waals surface area contributed by atoms with Crippen molar-refractivity contribution in [3.63, 3.8) is 0 Å². The van der Waals surface area contributed by atoms with Crippen molar-refractivity contribution in [2.45, 2.75) is 0 Å². The molecular weight excluding hydrogens is 262 g/mol. The summed E-state index contributed by atoms with van der Waals surface area (Å²) in [6.07, 6.45) is 3.37. The van der Waals surface area contributed by atoms with Crippen LogP contribution < -0.4 is 4.74 Å². The number of ether oxygens (including phenoxy) is 1. The average Bonchev–Trinajstić information content (AvgIpc) is 2.66. The predicted molar refractivity (Wildman–Crippen MR) is 75.9 cm³/mol. The van der Waals surface area contributed by atoms with Gasteiger partial charge in [-0.2, -0.15) is 0 Å². The minimum Gasteiger partial charge on any atom is -0.490 e. The number of likely N-dealkylation sites (N-methyl/N-ethyl adjacent to an activating group) is 1. The Morgan fingerprint density at radius 2 is 2.00 bits per heavy atom. The molecule has 1 aromatic carbocycles. The SMILES string of the molecule is C=CCOc1ccc(/C=C2\SC(=O)N(C)C2=O)cc1. The Bertz CT molecular complexity index is 548. The van der Waals surface area contributed by atoms with Gasteiger partial charge in [0.15, 0.2) is 0 Å². The highest BCUT2D eigenvalue weighted by molar-refractivity contribution is 8.18. The zero-order valence-electron chi connectivity index (χ0n) is 10.5. The van der Waals surface area contributed by atoms with E-state index in [1.54, 1.807) is 12.2 Å². The second-order valence-corrected chi connectivity index (χ2v) is 4.90. The molecule has 1 aliphatic heterocycles. The van der Waals surface area contributed by atoms with E-state index < -0.39 is 0 Å². The van der Waals surface area contributed by atoms with Crippen molar-refractivity contribution in [1.29, 1.82) is 0 Å². The Morgan fingerprint density at radius 3 is 2.53 bits per heavy atom. The third-order valence-electron chi connectivity index (χ3n) is 2.53. The highest BCUT2D eigenvalue weighted by Crippen LogP contribution is 2.31. The Hall–Kier alpha value is -2.01. The molecule has 0 bridgehead atoms. The summed E-state index contributed by atoms with van der Waals surface area (Å²) in [6, 6.07) is 7.29. The summed E-state index contributed by atoms with van der Waals surface area (Å²) in [5.41, 5.74) is 0.852. The highest BCUT2D eigenvalue weighted by atomic mass is 32.2. The van der Waals surface area contributed by atoms with Gasteiger partial charge in [0.05, 0.1) is 4.91 Å². The molecule has 0 atom stereocenters. The maximum atomic E-state index is 11.7. The van der Waals surface area contributed by atoms with E-state index in [-0.39, 0.29) is 11.1 Å². The second kappa shape index (κ2) is 5.75. The summed E-state index contributed by atoms with van der Waals surface area (Å²) >= 11 is 0.949. The maximum Gasteiger partial charge on any atom is 0.293 e. The summed E-state index contributed by atoms with van der Waals surface area (Å²) in [6.45, 7) is 4.03. The lowest BCUT2D eigenvalue weighted by Gasteiger charge is -2.03. The fourth-order valence-corrected chi connectivity index (χ4v) is 2.34. The lowest BCUT2D eigenvalue weighted by Crippen LogP contribution is -2.22. The van der Waals surface area contributed by atoms with Crippen LogP contribution in [0.5, 0.6) is 5.75 Å². The minimum absolute atomic E-state index is 0.248. The van der Waals surface area contributed by atoms with Gasteiger partial charge in [-0.25, -0.2) is 0 Å². The second-order valence-electron chi connectivity index (χ2n) is 3.91. The monoisotopic (exact) mass is 275 g/mol. The number of carbonyl (C=O) groups is 2.